The van der Waals surface area contributed by atoms with Crippen molar-refractivity contribution in [3.63, 3.8) is 0 Å². The zero-order valence-electron chi connectivity index (χ0n) is 17.6. The van der Waals surface area contributed by atoms with E-state index < -0.39 is 0 Å². The first-order valence-electron chi connectivity index (χ1n) is 11.5. The molecule has 3 heteroatoms. The van der Waals surface area contributed by atoms with Crippen LogP contribution in [0.15, 0.2) is 0 Å². The first kappa shape index (κ1) is 23.5. The van der Waals surface area contributed by atoms with Crippen molar-refractivity contribution in [3.05, 3.63) is 0 Å². The first-order chi connectivity index (χ1) is 12.8. The Balaban J connectivity index is 2.12. The number of carbonyl (C=O) groups is 1. The Kier molecular flexibility index (Phi) is 15.0. The molecule has 1 heterocycles. The van der Waals surface area contributed by atoms with Gasteiger partial charge in [0.1, 0.15) is 0 Å². The highest BCUT2D eigenvalue weighted by molar-refractivity contribution is 5.69. The van der Waals surface area contributed by atoms with Crippen LogP contribution in [-0.2, 0) is 14.3 Å². The minimum absolute atomic E-state index is 0.0270. The molecule has 1 rings (SSSR count). The minimum atomic E-state index is 0.0270. The van der Waals surface area contributed by atoms with E-state index in [1.807, 2.05) is 0 Å². The van der Waals surface area contributed by atoms with E-state index in [-0.39, 0.29) is 5.97 Å². The Morgan fingerprint density at radius 1 is 0.885 bits per heavy atom. The molecule has 3 nitrogen and oxygen atoms in total. The van der Waals surface area contributed by atoms with E-state index in [2.05, 4.69) is 13.8 Å². The summed E-state index contributed by atoms with van der Waals surface area (Å²) in [6.07, 6.45) is 19.9. The van der Waals surface area contributed by atoms with Gasteiger partial charge in [0.15, 0.2) is 0 Å². The third kappa shape index (κ3) is 14.6. The zero-order chi connectivity index (χ0) is 18.9. The summed E-state index contributed by atoms with van der Waals surface area (Å²) in [7, 11) is 0. The van der Waals surface area contributed by atoms with Crippen molar-refractivity contribution >= 4 is 5.97 Å². The summed E-state index contributed by atoms with van der Waals surface area (Å²) in [4.78, 5) is 12.2. The Morgan fingerprint density at radius 2 is 1.46 bits per heavy atom. The molecule has 0 bridgehead atoms. The second-order valence-corrected chi connectivity index (χ2v) is 8.15. The van der Waals surface area contributed by atoms with E-state index in [9.17, 15) is 4.79 Å². The minimum Gasteiger partial charge on any atom is -0.466 e. The van der Waals surface area contributed by atoms with Crippen LogP contribution in [-0.4, -0.2) is 25.3 Å². The van der Waals surface area contributed by atoms with Gasteiger partial charge in [-0.15, -0.1) is 0 Å². The lowest BCUT2D eigenvalue weighted by Crippen LogP contribution is -2.13. The van der Waals surface area contributed by atoms with Gasteiger partial charge in [-0.25, -0.2) is 0 Å². The maximum atomic E-state index is 12.2. The third-order valence-electron chi connectivity index (χ3n) is 5.47. The average molecular weight is 369 g/mol. The molecular weight excluding hydrogens is 324 g/mol. The molecule has 0 aromatic rings. The fourth-order valence-corrected chi connectivity index (χ4v) is 3.61. The van der Waals surface area contributed by atoms with Crippen LogP contribution in [0.3, 0.4) is 0 Å². The van der Waals surface area contributed by atoms with Crippen LogP contribution < -0.4 is 0 Å². The van der Waals surface area contributed by atoms with Gasteiger partial charge in [-0.05, 0) is 38.0 Å². The lowest BCUT2D eigenvalue weighted by atomic mass is 9.91. The number of epoxide rings is 1. The molecule has 0 radical (unpaired) electrons. The largest absolute Gasteiger partial charge is 0.466 e. The smallest absolute Gasteiger partial charge is 0.306 e. The molecule has 1 aliphatic rings. The Morgan fingerprint density at radius 3 is 2.08 bits per heavy atom. The molecule has 1 saturated heterocycles. The number of hydrogen-bond acceptors (Lipinski definition) is 3. The molecular formula is C23H44O3. The van der Waals surface area contributed by atoms with Crippen molar-refractivity contribution < 1.29 is 14.3 Å². The van der Waals surface area contributed by atoms with Gasteiger partial charge in [0.2, 0.25) is 0 Å². The lowest BCUT2D eigenvalue weighted by Gasteiger charge is -2.16. The average Bonchev–Trinajstić information content (AvgIpc) is 3.45. The summed E-state index contributed by atoms with van der Waals surface area (Å²) >= 11 is 0. The number of hydrogen-bond donors (Lipinski definition) is 0. The molecule has 26 heavy (non-hydrogen) atoms. The summed E-state index contributed by atoms with van der Waals surface area (Å²) in [6.45, 7) is 6.03. The molecule has 1 fully saturated rings. The predicted molar refractivity (Wildman–Crippen MR) is 109 cm³/mol. The van der Waals surface area contributed by atoms with Gasteiger partial charge >= 0.3 is 5.97 Å². The van der Waals surface area contributed by atoms with E-state index in [0.29, 0.717) is 25.0 Å². The summed E-state index contributed by atoms with van der Waals surface area (Å²) < 4.78 is 10.7. The summed E-state index contributed by atoms with van der Waals surface area (Å²) in [6, 6.07) is 0. The van der Waals surface area contributed by atoms with Crippen molar-refractivity contribution in [2.24, 2.45) is 5.92 Å². The van der Waals surface area contributed by atoms with Crippen LogP contribution in [0.2, 0.25) is 0 Å². The number of esters is 1. The van der Waals surface area contributed by atoms with Crippen molar-refractivity contribution in [2.75, 3.05) is 13.2 Å². The number of unbranched alkanes of at least 4 members (excludes halogenated alkanes) is 9. The van der Waals surface area contributed by atoms with Crippen LogP contribution in [0.4, 0.5) is 0 Å². The van der Waals surface area contributed by atoms with E-state index in [1.165, 1.54) is 77.0 Å². The number of carbonyl (C=O) groups excluding carboxylic acids is 1. The Labute approximate surface area is 162 Å². The maximum absolute atomic E-state index is 12.2. The molecule has 0 aromatic heterocycles. The van der Waals surface area contributed by atoms with Crippen molar-refractivity contribution in [1.82, 2.24) is 0 Å². The molecule has 0 N–H and O–H groups in total. The van der Waals surface area contributed by atoms with E-state index in [1.54, 1.807) is 0 Å². The second-order valence-electron chi connectivity index (χ2n) is 8.15. The quantitative estimate of drug-likeness (QED) is 0.142. The summed E-state index contributed by atoms with van der Waals surface area (Å²) in [5.41, 5.74) is 0. The maximum Gasteiger partial charge on any atom is 0.306 e. The third-order valence-corrected chi connectivity index (χ3v) is 5.47. The highest BCUT2D eigenvalue weighted by Gasteiger charge is 2.21. The molecule has 1 aliphatic heterocycles. The molecule has 0 saturated carbocycles. The SMILES string of the molecule is CCCCCCCCC(CCCCCC)CC(=O)OCCCCC1CO1. The number of ether oxygens (including phenoxy) is 2. The second kappa shape index (κ2) is 16.6. The van der Waals surface area contributed by atoms with Gasteiger partial charge in [-0.2, -0.15) is 0 Å². The first-order valence-corrected chi connectivity index (χ1v) is 11.5. The van der Waals surface area contributed by atoms with Crippen molar-refractivity contribution in [1.29, 1.82) is 0 Å². The normalized spacial score (nSPS) is 17.2. The van der Waals surface area contributed by atoms with E-state index in [4.69, 9.17) is 9.47 Å². The van der Waals surface area contributed by atoms with Crippen LogP contribution in [0.25, 0.3) is 0 Å². The van der Waals surface area contributed by atoms with E-state index in [0.717, 1.165) is 25.9 Å². The zero-order valence-corrected chi connectivity index (χ0v) is 17.6. The van der Waals surface area contributed by atoms with Gasteiger partial charge in [0.05, 0.1) is 19.3 Å². The van der Waals surface area contributed by atoms with Gasteiger partial charge in [-0.1, -0.05) is 78.1 Å². The highest BCUT2D eigenvalue weighted by Crippen LogP contribution is 2.22. The molecule has 0 aliphatic carbocycles. The molecule has 2 unspecified atom stereocenters. The summed E-state index contributed by atoms with van der Waals surface area (Å²) in [5.74, 6) is 0.560. The molecule has 0 amide bonds. The standard InChI is InChI=1S/C23H44O3/c1-3-5-7-9-10-12-16-21(15-11-8-6-4-2)19-23(24)25-18-14-13-17-22-20-26-22/h21-22H,3-20H2,1-2H3. The van der Waals surface area contributed by atoms with Crippen LogP contribution in [0.1, 0.15) is 117 Å². The fraction of sp³-hybridized carbons (Fsp3) is 0.957. The van der Waals surface area contributed by atoms with Gasteiger partial charge in [-0.3, -0.25) is 4.79 Å². The van der Waals surface area contributed by atoms with Crippen molar-refractivity contribution in [3.8, 4) is 0 Å². The van der Waals surface area contributed by atoms with Crippen molar-refractivity contribution in [2.45, 2.75) is 123 Å². The Bertz CT molecular complexity index is 325. The molecule has 2 atom stereocenters. The molecule has 0 spiro atoms. The topological polar surface area (TPSA) is 38.8 Å². The monoisotopic (exact) mass is 368 g/mol. The van der Waals surface area contributed by atoms with Crippen LogP contribution >= 0.6 is 0 Å². The molecule has 0 aromatic carbocycles. The van der Waals surface area contributed by atoms with Gasteiger partial charge < -0.3 is 9.47 Å². The molecule has 154 valence electrons. The van der Waals surface area contributed by atoms with Crippen LogP contribution in [0.5, 0.6) is 0 Å². The fourth-order valence-electron chi connectivity index (χ4n) is 3.61. The van der Waals surface area contributed by atoms with Crippen LogP contribution in [0, 0.1) is 5.92 Å². The van der Waals surface area contributed by atoms with Gasteiger partial charge in [0, 0.05) is 6.42 Å². The highest BCUT2D eigenvalue weighted by atomic mass is 16.6. The van der Waals surface area contributed by atoms with Gasteiger partial charge in [0.25, 0.3) is 0 Å². The van der Waals surface area contributed by atoms with E-state index >= 15 is 0 Å². The number of rotatable bonds is 19. The Hall–Kier alpha value is -0.570. The predicted octanol–water partition coefficient (Wildman–Crippen LogP) is 6.83. The lowest BCUT2D eigenvalue weighted by molar-refractivity contribution is -0.145. The summed E-state index contributed by atoms with van der Waals surface area (Å²) in [5, 5.41) is 0.